The van der Waals surface area contributed by atoms with E-state index in [9.17, 15) is 14.4 Å². The van der Waals surface area contributed by atoms with Gasteiger partial charge in [0.05, 0.1) is 12.3 Å². The number of benzene rings is 2. The molecule has 2 aromatic carbocycles. The predicted molar refractivity (Wildman–Crippen MR) is 111 cm³/mol. The number of hydrogen-bond donors (Lipinski definition) is 0. The van der Waals surface area contributed by atoms with Gasteiger partial charge in [-0.05, 0) is 49.1 Å². The zero-order valence-electron chi connectivity index (χ0n) is 17.1. The highest BCUT2D eigenvalue weighted by molar-refractivity contribution is 6.01. The molecule has 8 heteroatoms. The molecule has 0 atom stereocenters. The monoisotopic (exact) mass is 422 g/mol. The van der Waals surface area contributed by atoms with Gasteiger partial charge in [0, 0.05) is 18.4 Å². The van der Waals surface area contributed by atoms with E-state index in [4.69, 9.17) is 9.15 Å². The van der Waals surface area contributed by atoms with Crippen LogP contribution >= 0.6 is 0 Å². The lowest BCUT2D eigenvalue weighted by molar-refractivity contribution is -0.177. The average Bonchev–Trinajstić information content (AvgIpc) is 3.30. The van der Waals surface area contributed by atoms with Crippen LogP contribution in [0.4, 0.5) is 4.79 Å². The van der Waals surface area contributed by atoms with Crippen LogP contribution in [-0.4, -0.2) is 34.6 Å². The van der Waals surface area contributed by atoms with Crippen LogP contribution in [-0.2, 0) is 25.6 Å². The average molecular weight is 422 g/mol. The topological polar surface area (TPSA) is 98.9 Å². The van der Waals surface area contributed by atoms with E-state index in [0.29, 0.717) is 23.8 Å². The molecule has 0 N–H and O–H groups in total. The minimum absolute atomic E-state index is 0.0460. The van der Waals surface area contributed by atoms with Gasteiger partial charge in [0.25, 0.3) is 11.8 Å². The summed E-state index contributed by atoms with van der Waals surface area (Å²) in [5.41, 5.74) is 1.78. The van der Waals surface area contributed by atoms with Crippen molar-refractivity contribution in [1.29, 1.82) is 0 Å². The van der Waals surface area contributed by atoms with Gasteiger partial charge in [0.2, 0.25) is 5.89 Å². The Morgan fingerprint density at radius 2 is 1.81 bits per heavy atom. The quantitative estimate of drug-likeness (QED) is 0.317. The molecule has 1 saturated heterocycles. The Balaban J connectivity index is 1.26. The lowest BCUT2D eigenvalue weighted by Gasteiger charge is -2.12. The molecule has 4 rings (SSSR count). The first-order valence-corrected chi connectivity index (χ1v) is 10.2. The highest BCUT2D eigenvalue weighted by Gasteiger charge is 2.33. The molecule has 0 saturated carbocycles. The second-order valence-electron chi connectivity index (χ2n) is 7.31. The lowest BCUT2D eigenvalue weighted by Crippen LogP contribution is -2.32. The molecule has 0 bridgehead atoms. The van der Waals surface area contributed by atoms with E-state index in [1.165, 1.54) is 0 Å². The number of unbranched alkanes of at least 4 members (excludes halogenated alkanes) is 1. The number of amides is 2. The molecule has 1 aliphatic heterocycles. The number of fused-ring (bicyclic) bond motifs is 1. The van der Waals surface area contributed by atoms with Gasteiger partial charge in [-0.25, -0.2) is 9.78 Å². The maximum absolute atomic E-state index is 11.6. The van der Waals surface area contributed by atoms with Crippen LogP contribution in [0, 0.1) is 6.92 Å². The number of hydroxylamine groups is 2. The summed E-state index contributed by atoms with van der Waals surface area (Å²) in [4.78, 5) is 43.7. The fourth-order valence-electron chi connectivity index (χ4n) is 3.41. The van der Waals surface area contributed by atoms with E-state index in [1.54, 1.807) is 0 Å². The lowest BCUT2D eigenvalue weighted by atomic mass is 10.1. The fourth-order valence-corrected chi connectivity index (χ4v) is 3.41. The summed E-state index contributed by atoms with van der Waals surface area (Å²) in [7, 11) is 0. The highest BCUT2D eigenvalue weighted by Crippen LogP contribution is 2.26. The third-order valence-corrected chi connectivity index (χ3v) is 5.09. The van der Waals surface area contributed by atoms with E-state index in [-0.39, 0.29) is 19.4 Å². The Morgan fingerprint density at radius 1 is 1.06 bits per heavy atom. The Kier molecular flexibility index (Phi) is 5.97. The number of aryl methyl sites for hydroxylation is 2. The molecular weight excluding hydrogens is 400 g/mol. The molecule has 0 unspecified atom stereocenters. The number of rotatable bonds is 7. The number of nitrogens with zero attached hydrogens (tertiary/aromatic N) is 2. The number of oxazole rings is 1. The summed E-state index contributed by atoms with van der Waals surface area (Å²) in [5, 5.41) is 2.75. The van der Waals surface area contributed by atoms with Crippen LogP contribution in [0.5, 0.6) is 0 Å². The van der Waals surface area contributed by atoms with Gasteiger partial charge in [-0.3, -0.25) is 14.4 Å². The van der Waals surface area contributed by atoms with Gasteiger partial charge in [-0.1, -0.05) is 35.4 Å². The summed E-state index contributed by atoms with van der Waals surface area (Å²) < 4.78 is 10.8. The Labute approximate surface area is 178 Å². The smallest absolute Gasteiger partial charge is 0.441 e. The number of ether oxygens (including phenoxy) is 1. The molecule has 8 nitrogen and oxygen atoms in total. The van der Waals surface area contributed by atoms with Crippen LogP contribution in [0.3, 0.4) is 0 Å². The normalized spacial score (nSPS) is 13.8. The van der Waals surface area contributed by atoms with Gasteiger partial charge >= 0.3 is 6.16 Å². The summed E-state index contributed by atoms with van der Waals surface area (Å²) in [6.45, 7) is 1.99. The molecule has 160 valence electrons. The van der Waals surface area contributed by atoms with E-state index < -0.39 is 18.0 Å². The molecular formula is C23H22N2O6. The molecule has 2 amide bonds. The first kappa shape index (κ1) is 20.6. The van der Waals surface area contributed by atoms with Crippen LogP contribution in [0.15, 0.2) is 46.9 Å². The molecule has 31 heavy (non-hydrogen) atoms. The van der Waals surface area contributed by atoms with Crippen molar-refractivity contribution in [2.75, 3.05) is 6.61 Å². The molecule has 1 fully saturated rings. The number of carbonyl (C=O) groups excluding carboxylic acids is 3. The van der Waals surface area contributed by atoms with Crippen molar-refractivity contribution in [1.82, 2.24) is 10.0 Å². The van der Waals surface area contributed by atoms with Crippen molar-refractivity contribution in [2.24, 2.45) is 0 Å². The van der Waals surface area contributed by atoms with Crippen molar-refractivity contribution in [3.63, 3.8) is 0 Å². The first-order valence-electron chi connectivity index (χ1n) is 10.2. The van der Waals surface area contributed by atoms with Crippen molar-refractivity contribution in [3.8, 4) is 11.5 Å². The highest BCUT2D eigenvalue weighted by atomic mass is 16.8. The Hall–Kier alpha value is -3.68. The van der Waals surface area contributed by atoms with Crippen molar-refractivity contribution in [3.05, 3.63) is 53.9 Å². The number of hydrogen-bond acceptors (Lipinski definition) is 7. The zero-order chi connectivity index (χ0) is 21.8. The summed E-state index contributed by atoms with van der Waals surface area (Å²) >= 11 is 0. The largest absolute Gasteiger partial charge is 0.533 e. The summed E-state index contributed by atoms with van der Waals surface area (Å²) in [5.74, 6) is 0.268. The molecule has 0 spiro atoms. The van der Waals surface area contributed by atoms with Gasteiger partial charge in [0.1, 0.15) is 5.76 Å². The number of aromatic nitrogens is 1. The molecule has 2 heterocycles. The van der Waals surface area contributed by atoms with Crippen molar-refractivity contribution in [2.45, 2.75) is 39.0 Å². The minimum Gasteiger partial charge on any atom is -0.441 e. The third kappa shape index (κ3) is 4.74. The Bertz CT molecular complexity index is 1120. The molecule has 0 radical (unpaired) electrons. The maximum Gasteiger partial charge on any atom is 0.533 e. The van der Waals surface area contributed by atoms with E-state index in [1.807, 2.05) is 31.2 Å². The van der Waals surface area contributed by atoms with Gasteiger partial charge < -0.3 is 9.15 Å². The van der Waals surface area contributed by atoms with Crippen molar-refractivity contribution >= 4 is 28.7 Å². The van der Waals surface area contributed by atoms with Crippen LogP contribution in [0.25, 0.3) is 22.2 Å². The standard InChI is InChI=1S/C23H22N2O6/c1-15-19(8-4-5-13-29-23(28)31-25-20(26)11-12-21(25)27)24-22(30-15)18-10-9-16-6-2-3-7-17(16)14-18/h2-3,6-7,9-10,14H,4-5,8,11-13H2,1H3. The predicted octanol–water partition coefficient (Wildman–Crippen LogP) is 4.34. The maximum atomic E-state index is 11.6. The second kappa shape index (κ2) is 8.99. The fraction of sp³-hybridized carbons (Fsp3) is 0.304. The molecule has 1 aliphatic rings. The van der Waals surface area contributed by atoms with Crippen LogP contribution in [0.1, 0.15) is 37.1 Å². The van der Waals surface area contributed by atoms with E-state index in [2.05, 4.69) is 28.0 Å². The van der Waals surface area contributed by atoms with E-state index in [0.717, 1.165) is 34.2 Å². The van der Waals surface area contributed by atoms with Gasteiger partial charge in [0.15, 0.2) is 0 Å². The third-order valence-electron chi connectivity index (χ3n) is 5.09. The summed E-state index contributed by atoms with van der Waals surface area (Å²) in [6.07, 6.45) is 1.01. The minimum atomic E-state index is -1.06. The van der Waals surface area contributed by atoms with Crippen LogP contribution in [0.2, 0.25) is 0 Å². The number of carbonyl (C=O) groups is 3. The molecule has 1 aromatic heterocycles. The van der Waals surface area contributed by atoms with Crippen LogP contribution < -0.4 is 0 Å². The zero-order valence-corrected chi connectivity index (χ0v) is 17.1. The van der Waals surface area contributed by atoms with Gasteiger partial charge in [-0.15, -0.1) is 0 Å². The number of imide groups is 1. The Morgan fingerprint density at radius 3 is 2.58 bits per heavy atom. The SMILES string of the molecule is Cc1oc(-c2ccc3ccccc3c2)nc1CCCCOC(=O)ON1C(=O)CCC1=O. The van der Waals surface area contributed by atoms with Gasteiger partial charge in [-0.2, -0.15) is 0 Å². The molecule has 3 aromatic rings. The molecule has 0 aliphatic carbocycles. The first-order chi connectivity index (χ1) is 15.0. The van der Waals surface area contributed by atoms with E-state index >= 15 is 0 Å². The van der Waals surface area contributed by atoms with Crippen molar-refractivity contribution < 1.29 is 28.4 Å². The second-order valence-corrected chi connectivity index (χ2v) is 7.31. The summed E-state index contributed by atoms with van der Waals surface area (Å²) in [6, 6.07) is 14.2.